The number of aliphatic hydroxyl groups is 1. The standard InChI is InChI=1S/C16H25NO3S/c1-3-14-5-4-9-17(10-8-14)21(19,20)16-7-6-13(2)15(11-16)12-18/h6-7,11,14,18H,3-5,8-10,12H2,1-2H3. The highest BCUT2D eigenvalue weighted by Crippen LogP contribution is 2.25. The Hall–Kier alpha value is -0.910. The smallest absolute Gasteiger partial charge is 0.243 e. The van der Waals surface area contributed by atoms with Crippen molar-refractivity contribution in [1.29, 1.82) is 0 Å². The Labute approximate surface area is 127 Å². The molecule has 1 aliphatic rings. The maximum atomic E-state index is 12.8. The van der Waals surface area contributed by atoms with Crippen LogP contribution in [-0.2, 0) is 16.6 Å². The lowest BCUT2D eigenvalue weighted by molar-refractivity contribution is 0.280. The minimum Gasteiger partial charge on any atom is -0.392 e. The summed E-state index contributed by atoms with van der Waals surface area (Å²) in [6.07, 6.45) is 4.09. The fourth-order valence-electron chi connectivity index (χ4n) is 2.92. The summed E-state index contributed by atoms with van der Waals surface area (Å²) in [5, 5.41) is 9.32. The van der Waals surface area contributed by atoms with Crippen LogP contribution >= 0.6 is 0 Å². The zero-order valence-corrected chi connectivity index (χ0v) is 13.7. The van der Waals surface area contributed by atoms with Gasteiger partial charge in [0.15, 0.2) is 0 Å². The van der Waals surface area contributed by atoms with Crippen LogP contribution in [-0.4, -0.2) is 30.9 Å². The SMILES string of the molecule is CCC1CCCN(S(=O)(=O)c2ccc(C)c(CO)c2)CC1. The first kappa shape index (κ1) is 16.5. The van der Waals surface area contributed by atoms with Crippen LogP contribution in [0.25, 0.3) is 0 Å². The molecule has 1 heterocycles. The summed E-state index contributed by atoms with van der Waals surface area (Å²) < 4.78 is 27.1. The van der Waals surface area contributed by atoms with Crippen molar-refractivity contribution in [2.45, 2.75) is 51.0 Å². The molecule has 0 amide bonds. The molecule has 5 heteroatoms. The number of aryl methyl sites for hydroxylation is 1. The van der Waals surface area contributed by atoms with E-state index >= 15 is 0 Å². The van der Waals surface area contributed by atoms with Crippen molar-refractivity contribution in [2.24, 2.45) is 5.92 Å². The molecule has 0 aliphatic carbocycles. The Morgan fingerprint density at radius 2 is 2.05 bits per heavy atom. The molecule has 1 aromatic carbocycles. The van der Waals surface area contributed by atoms with Crippen molar-refractivity contribution in [3.8, 4) is 0 Å². The molecular formula is C16H25NO3S. The topological polar surface area (TPSA) is 57.6 Å². The summed E-state index contributed by atoms with van der Waals surface area (Å²) in [5.41, 5.74) is 1.59. The van der Waals surface area contributed by atoms with Gasteiger partial charge < -0.3 is 5.11 Å². The van der Waals surface area contributed by atoms with Crippen LogP contribution in [0.15, 0.2) is 23.1 Å². The maximum absolute atomic E-state index is 12.8. The molecule has 1 aliphatic heterocycles. The predicted octanol–water partition coefficient (Wildman–Crippen LogP) is 2.69. The van der Waals surface area contributed by atoms with Crippen LogP contribution in [0.3, 0.4) is 0 Å². The van der Waals surface area contributed by atoms with Gasteiger partial charge in [0.25, 0.3) is 0 Å². The molecule has 4 nitrogen and oxygen atoms in total. The van der Waals surface area contributed by atoms with Gasteiger partial charge in [0, 0.05) is 13.1 Å². The molecule has 1 N–H and O–H groups in total. The second kappa shape index (κ2) is 6.90. The Morgan fingerprint density at radius 1 is 1.29 bits per heavy atom. The molecule has 1 unspecified atom stereocenters. The third-order valence-corrected chi connectivity index (χ3v) is 6.41. The Morgan fingerprint density at radius 3 is 2.71 bits per heavy atom. The highest BCUT2D eigenvalue weighted by Gasteiger charge is 2.27. The van der Waals surface area contributed by atoms with E-state index in [-0.39, 0.29) is 6.61 Å². The van der Waals surface area contributed by atoms with E-state index in [0.29, 0.717) is 29.5 Å². The summed E-state index contributed by atoms with van der Waals surface area (Å²) in [4.78, 5) is 0.298. The van der Waals surface area contributed by atoms with Crippen molar-refractivity contribution in [1.82, 2.24) is 4.31 Å². The normalized spacial score (nSPS) is 21.2. The Balaban J connectivity index is 2.25. The molecule has 118 valence electrons. The summed E-state index contributed by atoms with van der Waals surface area (Å²) >= 11 is 0. The summed E-state index contributed by atoms with van der Waals surface area (Å²) in [6.45, 7) is 5.11. The molecule has 21 heavy (non-hydrogen) atoms. The van der Waals surface area contributed by atoms with Crippen LogP contribution in [0.5, 0.6) is 0 Å². The molecule has 1 fully saturated rings. The summed E-state index contributed by atoms with van der Waals surface area (Å²) in [6, 6.07) is 5.02. The van der Waals surface area contributed by atoms with E-state index in [9.17, 15) is 13.5 Å². The van der Waals surface area contributed by atoms with Crippen molar-refractivity contribution in [3.63, 3.8) is 0 Å². The second-order valence-electron chi connectivity index (χ2n) is 5.86. The molecule has 0 spiro atoms. The third-order valence-electron chi connectivity index (χ3n) is 4.51. The average Bonchev–Trinajstić information content (AvgIpc) is 2.73. The lowest BCUT2D eigenvalue weighted by Gasteiger charge is -2.21. The summed E-state index contributed by atoms with van der Waals surface area (Å²) in [7, 11) is -3.44. The monoisotopic (exact) mass is 311 g/mol. The van der Waals surface area contributed by atoms with E-state index in [1.165, 1.54) is 0 Å². The lowest BCUT2D eigenvalue weighted by Crippen LogP contribution is -2.32. The van der Waals surface area contributed by atoms with Gasteiger partial charge in [-0.25, -0.2) is 8.42 Å². The van der Waals surface area contributed by atoms with E-state index < -0.39 is 10.0 Å². The van der Waals surface area contributed by atoms with Crippen molar-refractivity contribution >= 4 is 10.0 Å². The molecule has 0 aromatic heterocycles. The largest absolute Gasteiger partial charge is 0.392 e. The molecule has 0 saturated carbocycles. The molecule has 1 atom stereocenters. The van der Waals surface area contributed by atoms with Gasteiger partial charge in [-0.3, -0.25) is 0 Å². The maximum Gasteiger partial charge on any atom is 0.243 e. The highest BCUT2D eigenvalue weighted by atomic mass is 32.2. The minimum atomic E-state index is -3.44. The van der Waals surface area contributed by atoms with E-state index in [4.69, 9.17) is 0 Å². The van der Waals surface area contributed by atoms with Gasteiger partial charge in [0.2, 0.25) is 10.0 Å². The number of hydrogen-bond acceptors (Lipinski definition) is 3. The van der Waals surface area contributed by atoms with E-state index in [2.05, 4.69) is 6.92 Å². The highest BCUT2D eigenvalue weighted by molar-refractivity contribution is 7.89. The number of hydrogen-bond donors (Lipinski definition) is 1. The molecular weight excluding hydrogens is 286 g/mol. The van der Waals surface area contributed by atoms with Gasteiger partial charge in [-0.05, 0) is 55.4 Å². The van der Waals surface area contributed by atoms with Crippen LogP contribution in [0, 0.1) is 12.8 Å². The lowest BCUT2D eigenvalue weighted by atomic mass is 9.98. The van der Waals surface area contributed by atoms with Crippen molar-refractivity contribution < 1.29 is 13.5 Å². The fraction of sp³-hybridized carbons (Fsp3) is 0.625. The van der Waals surface area contributed by atoms with Crippen LogP contribution < -0.4 is 0 Å². The average molecular weight is 311 g/mol. The van der Waals surface area contributed by atoms with Crippen LogP contribution in [0.2, 0.25) is 0 Å². The van der Waals surface area contributed by atoms with Gasteiger partial charge in [-0.1, -0.05) is 19.4 Å². The number of benzene rings is 1. The van der Waals surface area contributed by atoms with Crippen molar-refractivity contribution in [2.75, 3.05) is 13.1 Å². The van der Waals surface area contributed by atoms with Gasteiger partial charge in [0.1, 0.15) is 0 Å². The predicted molar refractivity (Wildman–Crippen MR) is 83.5 cm³/mol. The second-order valence-corrected chi connectivity index (χ2v) is 7.79. The number of rotatable bonds is 4. The van der Waals surface area contributed by atoms with Gasteiger partial charge >= 0.3 is 0 Å². The van der Waals surface area contributed by atoms with Crippen LogP contribution in [0.1, 0.15) is 43.7 Å². The Bertz CT molecular complexity index is 583. The van der Waals surface area contributed by atoms with E-state index in [1.807, 2.05) is 6.92 Å². The number of nitrogens with zero attached hydrogens (tertiary/aromatic N) is 1. The van der Waals surface area contributed by atoms with E-state index in [1.54, 1.807) is 22.5 Å². The summed E-state index contributed by atoms with van der Waals surface area (Å²) in [5.74, 6) is 0.635. The molecule has 0 radical (unpaired) electrons. The molecule has 1 saturated heterocycles. The Kier molecular flexibility index (Phi) is 5.41. The van der Waals surface area contributed by atoms with Gasteiger partial charge in [0.05, 0.1) is 11.5 Å². The van der Waals surface area contributed by atoms with Crippen LogP contribution in [0.4, 0.5) is 0 Å². The zero-order valence-electron chi connectivity index (χ0n) is 12.9. The first-order valence-corrected chi connectivity index (χ1v) is 9.13. The van der Waals surface area contributed by atoms with E-state index in [0.717, 1.165) is 31.2 Å². The number of sulfonamides is 1. The first-order chi connectivity index (χ1) is 9.98. The minimum absolute atomic E-state index is 0.132. The van der Waals surface area contributed by atoms with Gasteiger partial charge in [-0.2, -0.15) is 4.31 Å². The zero-order chi connectivity index (χ0) is 15.5. The first-order valence-electron chi connectivity index (χ1n) is 7.69. The fourth-order valence-corrected chi connectivity index (χ4v) is 4.46. The van der Waals surface area contributed by atoms with Gasteiger partial charge in [-0.15, -0.1) is 0 Å². The quantitative estimate of drug-likeness (QED) is 0.930. The molecule has 1 aromatic rings. The molecule has 2 rings (SSSR count). The van der Waals surface area contributed by atoms with Crippen molar-refractivity contribution in [3.05, 3.63) is 29.3 Å². The molecule has 0 bridgehead atoms. The number of aliphatic hydroxyl groups excluding tert-OH is 1. The third kappa shape index (κ3) is 3.65.